The molecule has 4 N–H and O–H groups in total. The number of aryl methyl sites for hydroxylation is 1. The lowest BCUT2D eigenvalue weighted by Crippen LogP contribution is -2.45. The van der Waals surface area contributed by atoms with Gasteiger partial charge in [-0.15, -0.1) is 13.2 Å². The first-order valence-corrected chi connectivity index (χ1v) is 16.9. The predicted octanol–water partition coefficient (Wildman–Crippen LogP) is 2.67. The molecule has 268 valence electrons. The van der Waals surface area contributed by atoms with E-state index in [0.717, 1.165) is 23.8 Å². The molecule has 2 aromatic rings. The fourth-order valence-corrected chi connectivity index (χ4v) is 5.97. The number of amides is 2. The van der Waals surface area contributed by atoms with Crippen molar-refractivity contribution in [2.45, 2.75) is 70.5 Å². The highest BCUT2D eigenvalue weighted by Gasteiger charge is 2.36. The first kappa shape index (κ1) is 44.0. The molecule has 2 aliphatic carbocycles. The number of hydrogen-bond acceptors (Lipinski definition) is 10. The summed E-state index contributed by atoms with van der Waals surface area (Å²) >= 11 is 3.53. The molecule has 0 aliphatic heterocycles. The molecule has 2 fully saturated rings. The molecule has 2 heterocycles. The number of rotatable bonds is 11. The van der Waals surface area contributed by atoms with Crippen molar-refractivity contribution < 1.29 is 24.0 Å². The van der Waals surface area contributed by atoms with E-state index in [-0.39, 0.29) is 30.6 Å². The predicted molar refractivity (Wildman–Crippen MR) is 193 cm³/mol. The number of anilines is 1. The number of fused-ring (bicyclic) bond motifs is 2. The minimum atomic E-state index is -0.835. The summed E-state index contributed by atoms with van der Waals surface area (Å²) in [6, 6.07) is 4.88. The molecule has 0 radical (unpaired) electrons. The summed E-state index contributed by atoms with van der Waals surface area (Å²) in [5.41, 5.74) is 0.503. The van der Waals surface area contributed by atoms with Gasteiger partial charge in [-0.05, 0) is 74.9 Å². The fraction of sp³-hybridized carbons (Fsp3) is 0.559. The molecule has 48 heavy (non-hydrogen) atoms. The largest absolute Gasteiger partial charge is 0.384 e. The minimum Gasteiger partial charge on any atom is -0.384 e. The molecular formula is C34H55N7O6S. The van der Waals surface area contributed by atoms with Crippen LogP contribution in [0.1, 0.15) is 62.4 Å². The van der Waals surface area contributed by atoms with Crippen molar-refractivity contribution in [3.63, 3.8) is 0 Å². The second kappa shape index (κ2) is 25.0. The van der Waals surface area contributed by atoms with Crippen molar-refractivity contribution in [1.29, 1.82) is 0 Å². The van der Waals surface area contributed by atoms with Crippen LogP contribution in [0, 0.1) is 17.8 Å². The van der Waals surface area contributed by atoms with E-state index < -0.39 is 23.6 Å². The molecule has 0 saturated heterocycles. The highest BCUT2D eigenvalue weighted by molar-refractivity contribution is 7.79. The molecule has 0 aromatic carbocycles. The van der Waals surface area contributed by atoms with Crippen molar-refractivity contribution in [3.8, 4) is 0 Å². The van der Waals surface area contributed by atoms with Gasteiger partial charge in [0.05, 0.1) is 12.6 Å². The molecule has 2 amide bonds. The third-order valence-electron chi connectivity index (χ3n) is 8.13. The van der Waals surface area contributed by atoms with Crippen molar-refractivity contribution >= 4 is 48.5 Å². The summed E-state index contributed by atoms with van der Waals surface area (Å²) in [6.07, 6.45) is 13.5. The van der Waals surface area contributed by atoms with Gasteiger partial charge in [-0.3, -0.25) is 23.9 Å². The number of aldehydes is 2. The average molecular weight is 690 g/mol. The van der Waals surface area contributed by atoms with E-state index in [1.807, 2.05) is 0 Å². The highest BCUT2D eigenvalue weighted by atomic mass is 32.1. The molecule has 2 aliphatic rings. The molecule has 5 atom stereocenters. The summed E-state index contributed by atoms with van der Waals surface area (Å²) in [4.78, 5) is 66.4. The second-order valence-electron chi connectivity index (χ2n) is 11.2. The molecule has 0 spiro atoms. The quantitative estimate of drug-likeness (QED) is 0.103. The van der Waals surface area contributed by atoms with Crippen LogP contribution in [0.2, 0.25) is 0 Å². The first-order valence-electron chi connectivity index (χ1n) is 16.0. The van der Waals surface area contributed by atoms with Gasteiger partial charge in [0, 0.05) is 46.0 Å². The van der Waals surface area contributed by atoms with Crippen LogP contribution in [-0.2, 0) is 32.8 Å². The number of hydrogen-bond donors (Lipinski definition) is 5. The van der Waals surface area contributed by atoms with Gasteiger partial charge < -0.3 is 35.4 Å². The van der Waals surface area contributed by atoms with E-state index in [2.05, 4.69) is 66.1 Å². The lowest BCUT2D eigenvalue weighted by Gasteiger charge is -2.44. The zero-order valence-corrected chi connectivity index (χ0v) is 30.1. The molecule has 4 rings (SSSR count). The maximum atomic E-state index is 11.8. The molecule has 2 bridgehead atoms. The van der Waals surface area contributed by atoms with Crippen LogP contribution in [0.15, 0.2) is 48.5 Å². The standard InChI is InChI=1S/C12H16N4O4.C11H21N.C8H10N2O2.C2H4.CH4S/c1-13-12(20)10(18)4-3-8(7-17)14-11(19)9-5-6-16(2)15-9;1-8-6-9-4-3-5-10(7-9)11(8)12-2;1-9-7-3-2-4-10(5-6-11)8(7)12;2*1-2/h5-8H,3-4H2,1-2H3,(H,13,20)(H,14,19);8-12H,3-7H2,1-2H3;2-4,6,9H,5H2,1H3;1-2H2;2H,1H3. The number of Topliss-reactive ketones (excluding diaryl/α,β-unsaturated/α-hetero) is 1. The summed E-state index contributed by atoms with van der Waals surface area (Å²) in [5.74, 6) is 1.13. The van der Waals surface area contributed by atoms with E-state index in [9.17, 15) is 28.8 Å². The third-order valence-corrected chi connectivity index (χ3v) is 8.13. The Labute approximate surface area is 290 Å². The Morgan fingerprint density at radius 3 is 2.31 bits per heavy atom. The minimum absolute atomic E-state index is 0.0638. The smallest absolute Gasteiger partial charge is 0.287 e. The number of nitrogens with zero attached hydrogens (tertiary/aromatic N) is 3. The van der Waals surface area contributed by atoms with Crippen molar-refractivity contribution in [3.05, 3.63) is 59.8 Å². The third kappa shape index (κ3) is 14.8. The molecule has 2 aromatic heterocycles. The van der Waals surface area contributed by atoms with Gasteiger partial charge in [-0.2, -0.15) is 17.7 Å². The van der Waals surface area contributed by atoms with E-state index >= 15 is 0 Å². The Bertz CT molecular complexity index is 1330. The Balaban J connectivity index is 0.000000683. The Morgan fingerprint density at radius 2 is 1.77 bits per heavy atom. The molecule has 14 heteroatoms. The van der Waals surface area contributed by atoms with Gasteiger partial charge in [0.25, 0.3) is 17.4 Å². The monoisotopic (exact) mass is 689 g/mol. The van der Waals surface area contributed by atoms with Crippen molar-refractivity contribution in [1.82, 2.24) is 30.3 Å². The molecule has 13 nitrogen and oxygen atoms in total. The molecule has 5 unspecified atom stereocenters. The maximum Gasteiger partial charge on any atom is 0.287 e. The fourth-order valence-electron chi connectivity index (χ4n) is 5.97. The number of thiol groups is 1. The van der Waals surface area contributed by atoms with Gasteiger partial charge in [0.1, 0.15) is 24.0 Å². The molecular weight excluding hydrogens is 634 g/mol. The highest BCUT2D eigenvalue weighted by Crippen LogP contribution is 2.42. The second-order valence-corrected chi connectivity index (χ2v) is 11.2. The van der Waals surface area contributed by atoms with Crippen LogP contribution >= 0.6 is 12.6 Å². The number of carbonyl (C=O) groups excluding carboxylic acids is 5. The van der Waals surface area contributed by atoms with Gasteiger partial charge >= 0.3 is 0 Å². The topological polar surface area (TPSA) is 173 Å². The zero-order valence-electron chi connectivity index (χ0n) is 29.2. The average Bonchev–Trinajstić information content (AvgIpc) is 3.56. The first-order chi connectivity index (χ1) is 23.1. The van der Waals surface area contributed by atoms with Crippen LogP contribution in [0.5, 0.6) is 0 Å². The number of carbonyl (C=O) groups is 5. The maximum absolute atomic E-state index is 11.8. The summed E-state index contributed by atoms with van der Waals surface area (Å²) in [6.45, 7) is 8.53. The van der Waals surface area contributed by atoms with Crippen molar-refractivity contribution in [2.24, 2.45) is 24.8 Å². The number of aromatic nitrogens is 3. The van der Waals surface area contributed by atoms with Gasteiger partial charge in [-0.25, -0.2) is 0 Å². The number of pyridine rings is 1. The normalized spacial score (nSPS) is 19.2. The molecule has 2 saturated carbocycles. The van der Waals surface area contributed by atoms with Gasteiger partial charge in [-0.1, -0.05) is 19.8 Å². The van der Waals surface area contributed by atoms with Crippen LogP contribution in [0.3, 0.4) is 0 Å². The van der Waals surface area contributed by atoms with Crippen LogP contribution in [-0.4, -0.2) is 84.0 Å². The van der Waals surface area contributed by atoms with Gasteiger partial charge in [0.15, 0.2) is 0 Å². The van der Waals surface area contributed by atoms with Crippen LogP contribution in [0.25, 0.3) is 0 Å². The van der Waals surface area contributed by atoms with Crippen LogP contribution in [0.4, 0.5) is 5.69 Å². The van der Waals surface area contributed by atoms with Gasteiger partial charge in [0.2, 0.25) is 5.78 Å². The SMILES string of the molecule is C=C.CNC(=O)C(=O)CCC(C=O)NC(=O)c1ccn(C)n1.CNC1C(C)CC2CCCC1C2.CNc1cccn(CC=O)c1=O.CS. The Hall–Kier alpha value is -4.04. The van der Waals surface area contributed by atoms with E-state index in [1.54, 1.807) is 44.9 Å². The number of ketones is 1. The lowest BCUT2D eigenvalue weighted by atomic mass is 9.66. The van der Waals surface area contributed by atoms with E-state index in [4.69, 9.17) is 0 Å². The van der Waals surface area contributed by atoms with E-state index in [1.165, 1.54) is 54.5 Å². The summed E-state index contributed by atoms with van der Waals surface area (Å²) < 4.78 is 2.80. The Kier molecular flexibility index (Phi) is 22.9. The van der Waals surface area contributed by atoms with Crippen molar-refractivity contribution in [2.75, 3.05) is 32.7 Å². The zero-order chi connectivity index (χ0) is 36.6. The Morgan fingerprint density at radius 1 is 1.08 bits per heavy atom. The summed E-state index contributed by atoms with van der Waals surface area (Å²) in [5, 5.41) is 14.8. The number of likely N-dealkylation sites (N-methyl/N-ethyl adjacent to an activating group) is 1. The number of nitrogens with one attached hydrogen (secondary N) is 4. The summed E-state index contributed by atoms with van der Waals surface area (Å²) in [7, 11) is 6.81. The van der Waals surface area contributed by atoms with Crippen LogP contribution < -0.4 is 26.8 Å². The lowest BCUT2D eigenvalue weighted by molar-refractivity contribution is -0.137. The van der Waals surface area contributed by atoms with E-state index in [0.29, 0.717) is 18.3 Å².